The number of hydrogen-bond acceptors (Lipinski definition) is 6. The highest BCUT2D eigenvalue weighted by Crippen LogP contribution is 2.30. The van der Waals surface area contributed by atoms with Crippen LogP contribution in [0.5, 0.6) is 0 Å². The molecule has 0 bridgehead atoms. The van der Waals surface area contributed by atoms with E-state index in [1.54, 1.807) is 12.2 Å². The Bertz CT molecular complexity index is 1080. The number of allylic oxidation sites excluding steroid dienone is 7. The highest BCUT2D eigenvalue weighted by Gasteiger charge is 2.36. The predicted octanol–water partition coefficient (Wildman–Crippen LogP) is 11.2. The normalized spacial score (nSPS) is 18.2. The van der Waals surface area contributed by atoms with Crippen LogP contribution in [0.15, 0.2) is 58.2 Å². The molecule has 1 aliphatic rings. The molecule has 6 nitrogen and oxygen atoms in total. The molecule has 1 aliphatic heterocycles. The first-order valence-corrected chi connectivity index (χ1v) is 19.3. The third kappa shape index (κ3) is 32.5. The van der Waals surface area contributed by atoms with Gasteiger partial charge in [-0.15, -0.1) is 0 Å². The zero-order valence-electron chi connectivity index (χ0n) is 36.8. The van der Waals surface area contributed by atoms with E-state index in [1.807, 2.05) is 109 Å². The lowest BCUT2D eigenvalue weighted by atomic mass is 9.87. The van der Waals surface area contributed by atoms with Crippen molar-refractivity contribution >= 4 is 5.78 Å². The van der Waals surface area contributed by atoms with Crippen molar-refractivity contribution in [3.8, 4) is 0 Å². The van der Waals surface area contributed by atoms with Gasteiger partial charge in [-0.1, -0.05) is 102 Å². The summed E-state index contributed by atoms with van der Waals surface area (Å²) in [6.07, 6.45) is 11.4. The molecule has 51 heavy (non-hydrogen) atoms. The maximum Gasteiger partial charge on any atom is 0.158 e. The molecule has 3 N–H and O–H groups in total. The Hall–Kier alpha value is -1.83. The van der Waals surface area contributed by atoms with E-state index in [-0.39, 0.29) is 17.8 Å². The molecular weight excluding hydrogens is 636 g/mol. The second-order valence-electron chi connectivity index (χ2n) is 17.4. The molecule has 300 valence electrons. The monoisotopic (exact) mass is 721 g/mol. The fraction of sp³-hybridized carbons (Fsp3) is 0.756. The maximum absolute atomic E-state index is 11.2. The number of carbonyl (C=O) groups is 1. The van der Waals surface area contributed by atoms with E-state index in [9.17, 15) is 20.1 Å². The first-order valence-electron chi connectivity index (χ1n) is 19.3. The van der Waals surface area contributed by atoms with Crippen LogP contribution in [0.25, 0.3) is 0 Å². The Labute approximate surface area is 316 Å². The first-order chi connectivity index (χ1) is 23.1. The number of aliphatic hydroxyl groups excluding tert-OH is 3. The topological polar surface area (TPSA) is 99.5 Å². The van der Waals surface area contributed by atoms with E-state index >= 15 is 0 Å². The number of aliphatic hydroxyl groups is 3. The number of hydrogen-bond donors (Lipinski definition) is 3. The molecule has 6 unspecified atom stereocenters. The molecular formula is C45H84O6. The Balaban J connectivity index is -0.000000608. The van der Waals surface area contributed by atoms with E-state index in [0.717, 1.165) is 29.1 Å². The maximum atomic E-state index is 11.2. The number of ketones is 1. The summed E-state index contributed by atoms with van der Waals surface area (Å²) in [7, 11) is 0. The lowest BCUT2D eigenvalue weighted by molar-refractivity contribution is -0.131. The third-order valence-electron chi connectivity index (χ3n) is 7.32. The summed E-state index contributed by atoms with van der Waals surface area (Å²) >= 11 is 0. The van der Waals surface area contributed by atoms with E-state index in [4.69, 9.17) is 9.47 Å². The van der Waals surface area contributed by atoms with Crippen LogP contribution in [0.1, 0.15) is 158 Å². The minimum absolute atomic E-state index is 0.102. The van der Waals surface area contributed by atoms with Gasteiger partial charge in [0.15, 0.2) is 5.78 Å². The Morgan fingerprint density at radius 3 is 1.57 bits per heavy atom. The summed E-state index contributed by atoms with van der Waals surface area (Å²) < 4.78 is 11.4. The van der Waals surface area contributed by atoms with E-state index in [0.29, 0.717) is 30.5 Å². The lowest BCUT2D eigenvalue weighted by Crippen LogP contribution is -2.44. The van der Waals surface area contributed by atoms with Gasteiger partial charge in [0, 0.05) is 5.92 Å². The predicted molar refractivity (Wildman–Crippen MR) is 221 cm³/mol. The summed E-state index contributed by atoms with van der Waals surface area (Å²) in [4.78, 5) is 11.2. The Morgan fingerprint density at radius 2 is 1.22 bits per heavy atom. The number of epoxide rings is 1. The lowest BCUT2D eigenvalue weighted by Gasteiger charge is -2.36. The van der Waals surface area contributed by atoms with Gasteiger partial charge in [-0.3, -0.25) is 4.79 Å². The minimum atomic E-state index is -0.711. The average molecular weight is 721 g/mol. The zero-order chi connectivity index (χ0) is 40.8. The van der Waals surface area contributed by atoms with Crippen LogP contribution >= 0.6 is 0 Å². The molecule has 0 radical (unpaired) electrons. The van der Waals surface area contributed by atoms with Crippen molar-refractivity contribution in [1.29, 1.82) is 0 Å². The molecule has 1 fully saturated rings. The number of rotatable bonds is 16. The standard InChI is InChI=1S/C14H28O2.C11H18O.C10H20O2.C10H18O/c1-10(2)8-13(15)14(7,9-11(3)4)16-12(5)6;1-8(2)6-10(5)7-11(12)9(3)4;1-7(2)5-9(11)10(12)6-8(3)4;1-7(2)5-9-10(11-9)6-8(3)4/h8,11-13,15H,9H2,1-7H3;6-7,9H,1-5H3;5,8-12H,6H2,1-4H3;5,8-10H,6H2,1-4H3/b;10-7-;;. The van der Waals surface area contributed by atoms with Crippen molar-refractivity contribution in [2.75, 3.05) is 0 Å². The molecule has 6 atom stereocenters. The third-order valence-corrected chi connectivity index (χ3v) is 7.32. The van der Waals surface area contributed by atoms with Gasteiger partial charge in [0.05, 0.1) is 30.0 Å². The van der Waals surface area contributed by atoms with Crippen LogP contribution in [-0.4, -0.2) is 63.3 Å². The molecule has 6 heteroatoms. The smallest absolute Gasteiger partial charge is 0.158 e. The highest BCUT2D eigenvalue weighted by atomic mass is 16.6. The molecule has 0 aromatic rings. The van der Waals surface area contributed by atoms with Gasteiger partial charge in [0.1, 0.15) is 12.2 Å². The van der Waals surface area contributed by atoms with Gasteiger partial charge in [0.25, 0.3) is 0 Å². The Morgan fingerprint density at radius 1 is 0.706 bits per heavy atom. The largest absolute Gasteiger partial charge is 0.390 e. The molecule has 0 amide bonds. The van der Waals surface area contributed by atoms with E-state index < -0.39 is 23.9 Å². The second kappa shape index (κ2) is 27.7. The van der Waals surface area contributed by atoms with Crippen LogP contribution in [0.3, 0.4) is 0 Å². The van der Waals surface area contributed by atoms with Crippen LogP contribution < -0.4 is 0 Å². The van der Waals surface area contributed by atoms with Crippen LogP contribution in [0.4, 0.5) is 0 Å². The van der Waals surface area contributed by atoms with E-state index in [1.165, 1.54) is 17.6 Å². The average Bonchev–Trinajstić information content (AvgIpc) is 3.62. The SMILES string of the molecule is CC(C)=C/C(C)=C\C(=O)C(C)C.CC(C)=CC(O)C(C)(CC(C)C)OC(C)C.CC(C)=CC(O)C(O)CC(C)C.CC(C)=CC1OC1CC(C)C. The summed E-state index contributed by atoms with van der Waals surface area (Å²) in [5.41, 5.74) is 5.29. The molecule has 0 aliphatic carbocycles. The van der Waals surface area contributed by atoms with Crippen LogP contribution in [0.2, 0.25) is 0 Å². The quantitative estimate of drug-likeness (QED) is 0.0635. The number of ether oxygens (including phenoxy) is 2. The van der Waals surface area contributed by atoms with Gasteiger partial charge < -0.3 is 24.8 Å². The van der Waals surface area contributed by atoms with Crippen molar-refractivity contribution in [3.63, 3.8) is 0 Å². The van der Waals surface area contributed by atoms with Gasteiger partial charge in [0.2, 0.25) is 0 Å². The fourth-order valence-corrected chi connectivity index (χ4v) is 5.33. The van der Waals surface area contributed by atoms with Crippen LogP contribution in [0, 0.1) is 23.7 Å². The van der Waals surface area contributed by atoms with Crippen molar-refractivity contribution in [2.24, 2.45) is 23.7 Å². The van der Waals surface area contributed by atoms with Crippen molar-refractivity contribution in [1.82, 2.24) is 0 Å². The fourth-order valence-electron chi connectivity index (χ4n) is 5.33. The molecule has 0 spiro atoms. The highest BCUT2D eigenvalue weighted by molar-refractivity contribution is 5.92. The van der Waals surface area contributed by atoms with Crippen LogP contribution in [-0.2, 0) is 14.3 Å². The van der Waals surface area contributed by atoms with E-state index in [2.05, 4.69) is 47.6 Å². The van der Waals surface area contributed by atoms with Crippen molar-refractivity contribution in [3.05, 3.63) is 58.2 Å². The minimum Gasteiger partial charge on any atom is -0.390 e. The molecule has 0 aromatic heterocycles. The molecule has 1 saturated heterocycles. The summed E-state index contributed by atoms with van der Waals surface area (Å²) in [5, 5.41) is 29.1. The van der Waals surface area contributed by atoms with Gasteiger partial charge in [-0.05, 0) is 132 Å². The number of carbonyl (C=O) groups excluding carboxylic acids is 1. The molecule has 1 rings (SSSR count). The second-order valence-corrected chi connectivity index (χ2v) is 17.4. The van der Waals surface area contributed by atoms with Crippen molar-refractivity contribution in [2.45, 2.75) is 200 Å². The van der Waals surface area contributed by atoms with Gasteiger partial charge in [-0.2, -0.15) is 0 Å². The molecule has 0 saturated carbocycles. The molecule has 1 heterocycles. The summed E-state index contributed by atoms with van der Waals surface area (Å²) in [5.74, 6) is 1.98. The van der Waals surface area contributed by atoms with Gasteiger partial charge >= 0.3 is 0 Å². The van der Waals surface area contributed by atoms with Gasteiger partial charge in [-0.25, -0.2) is 0 Å². The first kappa shape index (κ1) is 53.5. The summed E-state index contributed by atoms with van der Waals surface area (Å²) in [6.45, 7) is 40.7. The summed E-state index contributed by atoms with van der Waals surface area (Å²) in [6, 6.07) is 0. The Kier molecular flexibility index (Phi) is 29.1. The zero-order valence-corrected chi connectivity index (χ0v) is 36.8. The van der Waals surface area contributed by atoms with Crippen molar-refractivity contribution < 1.29 is 29.6 Å². The molecule has 0 aromatic carbocycles.